The molecule has 0 saturated carbocycles. The van der Waals surface area contributed by atoms with Crippen LogP contribution in [0.3, 0.4) is 0 Å². The smallest absolute Gasteiger partial charge is 0.261 e. The summed E-state index contributed by atoms with van der Waals surface area (Å²) in [5.74, 6) is 0.550. The second kappa shape index (κ2) is 12.6. The Labute approximate surface area is 202 Å². The van der Waals surface area contributed by atoms with Crippen molar-refractivity contribution < 1.29 is 14.3 Å². The Bertz CT molecular complexity index is 1030. The van der Waals surface area contributed by atoms with E-state index >= 15 is 0 Å². The molecule has 3 aromatic rings. The lowest BCUT2D eigenvalue weighted by Crippen LogP contribution is -2.52. The summed E-state index contributed by atoms with van der Waals surface area (Å²) < 4.78 is 5.80. The van der Waals surface area contributed by atoms with Crippen LogP contribution in [0.5, 0.6) is 5.75 Å². The molecule has 0 saturated heterocycles. The summed E-state index contributed by atoms with van der Waals surface area (Å²) >= 11 is 0. The highest BCUT2D eigenvalue weighted by Crippen LogP contribution is 2.17. The summed E-state index contributed by atoms with van der Waals surface area (Å²) in [7, 11) is 0. The van der Waals surface area contributed by atoms with E-state index < -0.39 is 6.04 Å². The van der Waals surface area contributed by atoms with Gasteiger partial charge in [0.1, 0.15) is 11.8 Å². The van der Waals surface area contributed by atoms with E-state index in [0.29, 0.717) is 31.2 Å². The summed E-state index contributed by atoms with van der Waals surface area (Å²) in [6.45, 7) is 6.84. The highest BCUT2D eigenvalue weighted by molar-refractivity contribution is 5.88. The SMILES string of the molecule is Cc1ccc(OCC(=O)N(Cc2ccccc2)C(Cc2ccccc2)C(=O)NCC(C)C)cc1. The molecule has 0 fully saturated rings. The monoisotopic (exact) mass is 458 g/mol. The van der Waals surface area contributed by atoms with E-state index in [0.717, 1.165) is 16.7 Å². The van der Waals surface area contributed by atoms with Crippen LogP contribution in [0, 0.1) is 12.8 Å². The fourth-order valence-electron chi connectivity index (χ4n) is 3.62. The Morgan fingerprint density at radius 2 is 1.44 bits per heavy atom. The average molecular weight is 459 g/mol. The van der Waals surface area contributed by atoms with Crippen LogP contribution >= 0.6 is 0 Å². The summed E-state index contributed by atoms with van der Waals surface area (Å²) in [6, 6.07) is 26.5. The normalized spacial score (nSPS) is 11.6. The zero-order chi connectivity index (χ0) is 24.3. The number of benzene rings is 3. The van der Waals surface area contributed by atoms with E-state index in [-0.39, 0.29) is 18.4 Å². The van der Waals surface area contributed by atoms with Gasteiger partial charge < -0.3 is 15.0 Å². The Balaban J connectivity index is 1.86. The van der Waals surface area contributed by atoms with Gasteiger partial charge in [0, 0.05) is 19.5 Å². The predicted molar refractivity (Wildman–Crippen MR) is 135 cm³/mol. The van der Waals surface area contributed by atoms with Crippen LogP contribution in [0.25, 0.3) is 0 Å². The van der Waals surface area contributed by atoms with Crippen LogP contribution in [-0.4, -0.2) is 35.9 Å². The Hall–Kier alpha value is -3.60. The Morgan fingerprint density at radius 3 is 2.03 bits per heavy atom. The summed E-state index contributed by atoms with van der Waals surface area (Å²) in [5.41, 5.74) is 3.08. The van der Waals surface area contributed by atoms with E-state index in [9.17, 15) is 9.59 Å². The minimum absolute atomic E-state index is 0.140. The molecule has 1 N–H and O–H groups in total. The summed E-state index contributed by atoms with van der Waals surface area (Å²) in [4.78, 5) is 28.5. The van der Waals surface area contributed by atoms with Gasteiger partial charge in [-0.15, -0.1) is 0 Å². The van der Waals surface area contributed by atoms with E-state index in [4.69, 9.17) is 4.74 Å². The number of aryl methyl sites for hydroxylation is 1. The molecule has 0 aliphatic rings. The fourth-order valence-corrected chi connectivity index (χ4v) is 3.62. The number of nitrogens with one attached hydrogen (secondary N) is 1. The second-order valence-electron chi connectivity index (χ2n) is 8.95. The molecule has 34 heavy (non-hydrogen) atoms. The molecule has 5 heteroatoms. The van der Waals surface area contributed by atoms with Gasteiger partial charge in [-0.05, 0) is 36.1 Å². The first-order chi connectivity index (χ1) is 16.4. The summed E-state index contributed by atoms with van der Waals surface area (Å²) in [6.07, 6.45) is 0.424. The van der Waals surface area contributed by atoms with Gasteiger partial charge >= 0.3 is 0 Å². The number of carbonyl (C=O) groups excluding carboxylic acids is 2. The van der Waals surface area contributed by atoms with Crippen LogP contribution in [0.2, 0.25) is 0 Å². The van der Waals surface area contributed by atoms with Gasteiger partial charge in [0.05, 0.1) is 0 Å². The van der Waals surface area contributed by atoms with Crippen molar-refractivity contribution in [3.63, 3.8) is 0 Å². The molecule has 3 aromatic carbocycles. The number of ether oxygens (including phenoxy) is 1. The topological polar surface area (TPSA) is 58.6 Å². The van der Waals surface area contributed by atoms with Gasteiger partial charge in [-0.1, -0.05) is 92.2 Å². The number of rotatable bonds is 11. The maximum Gasteiger partial charge on any atom is 0.261 e. The van der Waals surface area contributed by atoms with Gasteiger partial charge in [-0.3, -0.25) is 9.59 Å². The van der Waals surface area contributed by atoms with Crippen molar-refractivity contribution in [2.45, 2.75) is 39.8 Å². The molecule has 3 rings (SSSR count). The highest BCUT2D eigenvalue weighted by Gasteiger charge is 2.30. The number of carbonyl (C=O) groups is 2. The van der Waals surface area contributed by atoms with Crippen LogP contribution in [0.15, 0.2) is 84.9 Å². The predicted octanol–water partition coefficient (Wildman–Crippen LogP) is 4.79. The largest absolute Gasteiger partial charge is 0.484 e. The first kappa shape index (κ1) is 25.0. The molecule has 0 radical (unpaired) electrons. The van der Waals surface area contributed by atoms with Crippen molar-refractivity contribution in [3.8, 4) is 5.75 Å². The van der Waals surface area contributed by atoms with Crippen LogP contribution in [0.4, 0.5) is 0 Å². The molecule has 1 unspecified atom stereocenters. The molecule has 0 heterocycles. The van der Waals surface area contributed by atoms with E-state index in [2.05, 4.69) is 19.2 Å². The van der Waals surface area contributed by atoms with Crippen LogP contribution in [-0.2, 0) is 22.6 Å². The first-order valence-corrected chi connectivity index (χ1v) is 11.8. The molecular weight excluding hydrogens is 424 g/mol. The molecule has 1 atom stereocenters. The van der Waals surface area contributed by atoms with Crippen LogP contribution < -0.4 is 10.1 Å². The van der Waals surface area contributed by atoms with Gasteiger partial charge in [-0.25, -0.2) is 0 Å². The minimum atomic E-state index is -0.657. The second-order valence-corrected chi connectivity index (χ2v) is 8.95. The van der Waals surface area contributed by atoms with Crippen molar-refractivity contribution in [3.05, 3.63) is 102 Å². The third kappa shape index (κ3) is 7.77. The lowest BCUT2D eigenvalue weighted by atomic mass is 10.0. The van der Waals surface area contributed by atoms with Gasteiger partial charge in [-0.2, -0.15) is 0 Å². The van der Waals surface area contributed by atoms with Crippen molar-refractivity contribution in [2.24, 2.45) is 5.92 Å². The molecule has 5 nitrogen and oxygen atoms in total. The number of hydrogen-bond donors (Lipinski definition) is 1. The number of amides is 2. The van der Waals surface area contributed by atoms with Gasteiger partial charge in [0.25, 0.3) is 5.91 Å². The van der Waals surface area contributed by atoms with Crippen molar-refractivity contribution in [1.82, 2.24) is 10.2 Å². The molecule has 0 aliphatic carbocycles. The molecule has 178 valence electrons. The number of hydrogen-bond acceptors (Lipinski definition) is 3. The van der Waals surface area contributed by atoms with Crippen LogP contribution in [0.1, 0.15) is 30.5 Å². The zero-order valence-electron chi connectivity index (χ0n) is 20.2. The lowest BCUT2D eigenvalue weighted by Gasteiger charge is -2.31. The van der Waals surface area contributed by atoms with Crippen molar-refractivity contribution in [2.75, 3.05) is 13.2 Å². The molecule has 2 amide bonds. The highest BCUT2D eigenvalue weighted by atomic mass is 16.5. The third-order valence-corrected chi connectivity index (χ3v) is 5.53. The Morgan fingerprint density at radius 1 is 0.853 bits per heavy atom. The molecule has 0 bridgehead atoms. The maximum absolute atomic E-state index is 13.5. The van der Waals surface area contributed by atoms with E-state index in [1.54, 1.807) is 4.90 Å². The standard InChI is InChI=1S/C29H34N2O3/c1-22(2)19-30-29(33)27(18-24-10-6-4-7-11-24)31(20-25-12-8-5-9-13-25)28(32)21-34-26-16-14-23(3)15-17-26/h4-17,22,27H,18-21H2,1-3H3,(H,30,33). The van der Waals surface area contributed by atoms with E-state index in [1.165, 1.54) is 0 Å². The Kier molecular flexibility index (Phi) is 9.27. The lowest BCUT2D eigenvalue weighted by molar-refractivity contribution is -0.142. The fraction of sp³-hybridized carbons (Fsp3) is 0.310. The average Bonchev–Trinajstić information content (AvgIpc) is 2.85. The van der Waals surface area contributed by atoms with Crippen molar-refractivity contribution >= 4 is 11.8 Å². The van der Waals surface area contributed by atoms with Crippen molar-refractivity contribution in [1.29, 1.82) is 0 Å². The number of nitrogens with zero attached hydrogens (tertiary/aromatic N) is 1. The molecular formula is C29H34N2O3. The molecule has 0 aromatic heterocycles. The van der Waals surface area contributed by atoms with E-state index in [1.807, 2.05) is 91.9 Å². The first-order valence-electron chi connectivity index (χ1n) is 11.8. The third-order valence-electron chi connectivity index (χ3n) is 5.53. The maximum atomic E-state index is 13.5. The van der Waals surface area contributed by atoms with Gasteiger partial charge in [0.15, 0.2) is 6.61 Å². The minimum Gasteiger partial charge on any atom is -0.484 e. The molecule has 0 spiro atoms. The summed E-state index contributed by atoms with van der Waals surface area (Å²) in [5, 5.41) is 3.03. The quantitative estimate of drug-likeness (QED) is 0.450. The zero-order valence-corrected chi connectivity index (χ0v) is 20.2. The van der Waals surface area contributed by atoms with Gasteiger partial charge in [0.2, 0.25) is 5.91 Å². The molecule has 0 aliphatic heterocycles.